The normalized spacial score (nSPS) is 14.9. The third-order valence-corrected chi connectivity index (χ3v) is 8.40. The number of nitrogens with zero attached hydrogens (tertiary/aromatic N) is 2. The largest absolute Gasteiger partial charge is 0.463 e. The van der Waals surface area contributed by atoms with Crippen LogP contribution in [0, 0.1) is 0 Å². The second-order valence-electron chi connectivity index (χ2n) is 10.0. The van der Waals surface area contributed by atoms with E-state index >= 15 is 0 Å². The minimum atomic E-state index is -0.739. The summed E-state index contributed by atoms with van der Waals surface area (Å²) in [6.07, 6.45) is 1.77. The van der Waals surface area contributed by atoms with Gasteiger partial charge >= 0.3 is 11.9 Å². The fourth-order valence-corrected chi connectivity index (χ4v) is 6.29. The summed E-state index contributed by atoms with van der Waals surface area (Å²) in [6.45, 7) is 7.51. The Bertz CT molecular complexity index is 1870. The van der Waals surface area contributed by atoms with Gasteiger partial charge in [-0.15, -0.1) is 0 Å². The average Bonchev–Trinajstić information content (AvgIpc) is 3.28. The highest BCUT2D eigenvalue weighted by Crippen LogP contribution is 2.35. The van der Waals surface area contributed by atoms with Crippen molar-refractivity contribution in [1.29, 1.82) is 0 Å². The maximum Gasteiger partial charge on any atom is 0.338 e. The molecule has 0 bridgehead atoms. The molecule has 3 aromatic carbocycles. The number of thiazole rings is 1. The van der Waals surface area contributed by atoms with E-state index in [1.807, 2.05) is 54.6 Å². The predicted octanol–water partition coefficient (Wildman–Crippen LogP) is 5.75. The number of halogens is 1. The maximum absolute atomic E-state index is 14.1. The number of aromatic nitrogens is 1. The first-order valence-corrected chi connectivity index (χ1v) is 15.1. The Labute approximate surface area is 255 Å². The van der Waals surface area contributed by atoms with Gasteiger partial charge < -0.3 is 9.47 Å². The molecule has 1 atom stereocenters. The topological polar surface area (TPSA) is 87.0 Å². The van der Waals surface area contributed by atoms with Gasteiger partial charge in [0.2, 0.25) is 0 Å². The van der Waals surface area contributed by atoms with E-state index in [0.717, 1.165) is 22.3 Å². The molecule has 1 aliphatic rings. The van der Waals surface area contributed by atoms with Crippen molar-refractivity contribution in [2.24, 2.45) is 4.99 Å². The third kappa shape index (κ3) is 5.93. The highest BCUT2D eigenvalue weighted by atomic mass is 79.9. The Morgan fingerprint density at radius 2 is 1.79 bits per heavy atom. The highest BCUT2D eigenvalue weighted by molar-refractivity contribution is 9.10. The second kappa shape index (κ2) is 12.4. The Kier molecular flexibility index (Phi) is 8.70. The summed E-state index contributed by atoms with van der Waals surface area (Å²) in [6, 6.07) is 21.9. The quantitative estimate of drug-likeness (QED) is 0.189. The van der Waals surface area contributed by atoms with Crippen LogP contribution in [-0.2, 0) is 14.3 Å². The molecule has 0 aliphatic carbocycles. The Morgan fingerprint density at radius 3 is 2.40 bits per heavy atom. The molecular formula is C33H29BrN2O5S. The van der Waals surface area contributed by atoms with Crippen LogP contribution in [0.15, 0.2) is 92.6 Å². The van der Waals surface area contributed by atoms with E-state index in [9.17, 15) is 14.4 Å². The Balaban J connectivity index is 1.76. The summed E-state index contributed by atoms with van der Waals surface area (Å²) in [7, 11) is 0. The summed E-state index contributed by atoms with van der Waals surface area (Å²) in [4.78, 5) is 44.4. The summed E-state index contributed by atoms with van der Waals surface area (Å²) in [5, 5.41) is 0. The number of esters is 2. The number of carbonyl (C=O) groups is 2. The second-order valence-corrected chi connectivity index (χ2v) is 11.9. The number of carbonyl (C=O) groups excluding carboxylic acids is 2. The van der Waals surface area contributed by atoms with E-state index in [1.54, 1.807) is 35.8 Å². The van der Waals surface area contributed by atoms with E-state index in [1.165, 1.54) is 18.3 Å². The van der Waals surface area contributed by atoms with Crippen LogP contribution in [0.2, 0.25) is 0 Å². The number of hydrogen-bond donors (Lipinski definition) is 0. The lowest BCUT2D eigenvalue weighted by atomic mass is 9.91. The van der Waals surface area contributed by atoms with Crippen LogP contribution in [-0.4, -0.2) is 23.1 Å². The fourth-order valence-electron chi connectivity index (χ4n) is 4.81. The first-order chi connectivity index (χ1) is 20.2. The molecule has 0 saturated heterocycles. The molecule has 2 heterocycles. The number of fused-ring (bicyclic) bond motifs is 1. The van der Waals surface area contributed by atoms with E-state index < -0.39 is 18.0 Å². The van der Waals surface area contributed by atoms with Gasteiger partial charge in [-0.25, -0.2) is 9.79 Å². The summed E-state index contributed by atoms with van der Waals surface area (Å²) in [5.41, 5.74) is 3.94. The van der Waals surface area contributed by atoms with Crippen LogP contribution in [0.3, 0.4) is 0 Å². The first-order valence-electron chi connectivity index (χ1n) is 13.5. The van der Waals surface area contributed by atoms with Crippen LogP contribution < -0.4 is 19.6 Å². The lowest BCUT2D eigenvalue weighted by Crippen LogP contribution is -2.40. The van der Waals surface area contributed by atoms with Gasteiger partial charge in [0.05, 0.1) is 32.9 Å². The van der Waals surface area contributed by atoms with Crippen molar-refractivity contribution < 1.29 is 19.1 Å². The number of benzene rings is 3. The van der Waals surface area contributed by atoms with Gasteiger partial charge in [-0.3, -0.25) is 14.2 Å². The van der Waals surface area contributed by atoms with E-state index in [0.29, 0.717) is 36.7 Å². The summed E-state index contributed by atoms with van der Waals surface area (Å²) >= 11 is 4.69. The number of rotatable bonds is 7. The van der Waals surface area contributed by atoms with E-state index in [-0.39, 0.29) is 12.2 Å². The van der Waals surface area contributed by atoms with Gasteiger partial charge in [0.15, 0.2) is 4.80 Å². The zero-order valence-electron chi connectivity index (χ0n) is 23.6. The smallest absolute Gasteiger partial charge is 0.338 e. The molecule has 9 heteroatoms. The molecule has 4 aromatic rings. The van der Waals surface area contributed by atoms with Crippen LogP contribution in [0.4, 0.5) is 0 Å². The third-order valence-electron chi connectivity index (χ3n) is 6.80. The Morgan fingerprint density at radius 1 is 1.07 bits per heavy atom. The zero-order chi connectivity index (χ0) is 30.0. The van der Waals surface area contributed by atoms with Gasteiger partial charge in [-0.1, -0.05) is 85.8 Å². The van der Waals surface area contributed by atoms with Crippen LogP contribution >= 0.6 is 27.3 Å². The predicted molar refractivity (Wildman–Crippen MR) is 167 cm³/mol. The van der Waals surface area contributed by atoms with Crippen molar-refractivity contribution in [3.8, 4) is 5.75 Å². The minimum absolute atomic E-state index is 0.187. The lowest BCUT2D eigenvalue weighted by Gasteiger charge is -2.26. The van der Waals surface area contributed by atoms with Crippen LogP contribution in [0.5, 0.6) is 5.75 Å². The molecular weight excluding hydrogens is 616 g/mol. The fraction of sp³-hybridized carbons (Fsp3) is 0.212. The van der Waals surface area contributed by atoms with Crippen LogP contribution in [0.1, 0.15) is 61.9 Å². The SMILES string of the molecule is CCOC(=O)C1=C(c2ccccc2)N=c2s/c(=C\c3ccc(OC(C)=O)c(Br)c3)c(=O)n2[C@H]1c1ccc(C(C)C)cc1. The standard InChI is InChI=1S/C33H29BrN2O5S/c1-5-40-32(39)28-29(23-9-7-6-8-10-23)35-33-36(30(28)24-14-12-22(13-15-24)19(2)3)31(38)27(42-33)18-21-11-16-26(25(34)17-21)41-20(4)37/h6-19,30H,5H2,1-4H3/b27-18-/t30-/m0/s1. The lowest BCUT2D eigenvalue weighted by molar-refractivity contribution is -0.139. The molecule has 214 valence electrons. The molecule has 0 amide bonds. The van der Waals surface area contributed by atoms with Crippen molar-refractivity contribution in [1.82, 2.24) is 4.57 Å². The maximum atomic E-state index is 14.1. The van der Waals surface area contributed by atoms with Crippen molar-refractivity contribution in [3.05, 3.63) is 125 Å². The van der Waals surface area contributed by atoms with Crippen LogP contribution in [0.25, 0.3) is 11.8 Å². The molecule has 5 rings (SSSR count). The monoisotopic (exact) mass is 644 g/mol. The van der Waals surface area contributed by atoms with Gasteiger partial charge in [0.1, 0.15) is 5.75 Å². The molecule has 1 aromatic heterocycles. The van der Waals surface area contributed by atoms with Gasteiger partial charge in [0, 0.05) is 12.5 Å². The molecule has 7 nitrogen and oxygen atoms in total. The molecule has 0 fully saturated rings. The first kappa shape index (κ1) is 29.4. The van der Waals surface area contributed by atoms with E-state index in [2.05, 4.69) is 29.8 Å². The van der Waals surface area contributed by atoms with Crippen molar-refractivity contribution in [3.63, 3.8) is 0 Å². The van der Waals surface area contributed by atoms with E-state index in [4.69, 9.17) is 14.5 Å². The van der Waals surface area contributed by atoms with Gasteiger partial charge in [0.25, 0.3) is 5.56 Å². The highest BCUT2D eigenvalue weighted by Gasteiger charge is 2.35. The molecule has 0 N–H and O–H groups in total. The molecule has 0 unspecified atom stereocenters. The molecule has 1 aliphatic heterocycles. The Hall–Kier alpha value is -4.08. The van der Waals surface area contributed by atoms with Crippen molar-refractivity contribution in [2.45, 2.75) is 39.7 Å². The average molecular weight is 646 g/mol. The number of ether oxygens (including phenoxy) is 2. The molecule has 42 heavy (non-hydrogen) atoms. The summed E-state index contributed by atoms with van der Waals surface area (Å²) < 4.78 is 13.4. The zero-order valence-corrected chi connectivity index (χ0v) is 26.0. The molecule has 0 spiro atoms. The number of hydrogen-bond acceptors (Lipinski definition) is 7. The molecule has 0 radical (unpaired) electrons. The molecule has 0 saturated carbocycles. The van der Waals surface area contributed by atoms with Crippen molar-refractivity contribution >= 4 is 51.0 Å². The van der Waals surface area contributed by atoms with Gasteiger partial charge in [-0.2, -0.15) is 0 Å². The summed E-state index contributed by atoms with van der Waals surface area (Å²) in [5.74, 6) is -0.229. The minimum Gasteiger partial charge on any atom is -0.463 e. The van der Waals surface area contributed by atoms with Gasteiger partial charge in [-0.05, 0) is 63.7 Å². The van der Waals surface area contributed by atoms with Crippen molar-refractivity contribution in [2.75, 3.05) is 6.61 Å².